The van der Waals surface area contributed by atoms with Gasteiger partial charge in [-0.1, -0.05) is 0 Å². The van der Waals surface area contributed by atoms with Crippen molar-refractivity contribution in [2.45, 2.75) is 24.9 Å². The van der Waals surface area contributed by atoms with Crippen LogP contribution < -0.4 is 0 Å². The smallest absolute Gasteiger partial charge is 0.165 e. The quantitative estimate of drug-likeness (QED) is 0.472. The molecule has 3 rings (SSSR count). The summed E-state index contributed by atoms with van der Waals surface area (Å²) in [5.74, 6) is 0.133. The molecule has 0 amide bonds. The molecule has 20 heavy (non-hydrogen) atoms. The summed E-state index contributed by atoms with van der Waals surface area (Å²) in [6.45, 7) is -0.261. The predicted molar refractivity (Wildman–Crippen MR) is 65.7 cm³/mol. The van der Waals surface area contributed by atoms with Crippen LogP contribution in [0.1, 0.15) is 12.6 Å². The summed E-state index contributed by atoms with van der Waals surface area (Å²) >= 11 is 0. The number of nitrogens with zero attached hydrogens (tertiary/aromatic N) is 7. The van der Waals surface area contributed by atoms with Gasteiger partial charge in [0.05, 0.1) is 19.0 Å². The molecule has 2 aromatic heterocycles. The summed E-state index contributed by atoms with van der Waals surface area (Å²) in [7, 11) is 0. The number of ether oxygens (including phenoxy) is 1. The minimum atomic E-state index is -0.749. The number of hydrogen-bond acceptors (Lipinski definition) is 7. The molecule has 0 bridgehead atoms. The van der Waals surface area contributed by atoms with Crippen LogP contribution >= 0.6 is 0 Å². The molecular formula is C10H11N7O3. The van der Waals surface area contributed by atoms with Crippen molar-refractivity contribution in [1.82, 2.24) is 19.5 Å². The Morgan fingerprint density at radius 2 is 2.35 bits per heavy atom. The van der Waals surface area contributed by atoms with E-state index in [1.165, 1.54) is 12.7 Å². The van der Waals surface area contributed by atoms with Crippen LogP contribution in [0.4, 0.5) is 5.82 Å². The summed E-state index contributed by atoms with van der Waals surface area (Å²) in [5, 5.41) is 22.3. The minimum absolute atomic E-state index is 0.133. The highest BCUT2D eigenvalue weighted by Gasteiger charge is 2.35. The van der Waals surface area contributed by atoms with E-state index in [0.717, 1.165) is 0 Å². The molecule has 0 unspecified atom stereocenters. The van der Waals surface area contributed by atoms with Crippen molar-refractivity contribution >= 4 is 17.0 Å². The Hall–Kier alpha value is -2.26. The van der Waals surface area contributed by atoms with Crippen molar-refractivity contribution in [3.05, 3.63) is 23.1 Å². The Morgan fingerprint density at radius 3 is 3.05 bits per heavy atom. The summed E-state index contributed by atoms with van der Waals surface area (Å²) in [6, 6.07) is 0. The first kappa shape index (κ1) is 12.8. The number of imidazole rings is 1. The lowest BCUT2D eigenvalue weighted by atomic mass is 10.2. The van der Waals surface area contributed by atoms with Gasteiger partial charge in [-0.15, -0.1) is 0 Å². The van der Waals surface area contributed by atoms with Crippen LogP contribution in [-0.4, -0.2) is 48.5 Å². The van der Waals surface area contributed by atoms with Crippen LogP contribution in [0.5, 0.6) is 0 Å². The lowest BCUT2D eigenvalue weighted by Crippen LogP contribution is -2.24. The van der Waals surface area contributed by atoms with Crippen LogP contribution in [0.3, 0.4) is 0 Å². The fraction of sp³-hybridized carbons (Fsp3) is 0.500. The first-order valence-corrected chi connectivity index (χ1v) is 5.91. The van der Waals surface area contributed by atoms with Gasteiger partial charge in [0, 0.05) is 11.3 Å². The molecule has 0 radical (unpaired) electrons. The van der Waals surface area contributed by atoms with Crippen molar-refractivity contribution in [3.8, 4) is 0 Å². The van der Waals surface area contributed by atoms with E-state index in [0.29, 0.717) is 17.6 Å². The van der Waals surface area contributed by atoms with Gasteiger partial charge in [0.1, 0.15) is 24.2 Å². The second kappa shape index (κ2) is 5.02. The van der Waals surface area contributed by atoms with Gasteiger partial charge in [0.15, 0.2) is 11.5 Å². The Kier molecular flexibility index (Phi) is 3.20. The van der Waals surface area contributed by atoms with Crippen molar-refractivity contribution < 1.29 is 14.9 Å². The predicted octanol–water partition coefficient (Wildman–Crippen LogP) is 0.409. The number of fused-ring (bicyclic) bond motifs is 1. The van der Waals surface area contributed by atoms with E-state index < -0.39 is 18.4 Å². The van der Waals surface area contributed by atoms with Crippen LogP contribution in [-0.2, 0) is 4.74 Å². The first-order valence-electron chi connectivity index (χ1n) is 5.91. The fourth-order valence-electron chi connectivity index (χ4n) is 2.22. The highest BCUT2D eigenvalue weighted by Crippen LogP contribution is 2.31. The molecule has 3 atom stereocenters. The summed E-state index contributed by atoms with van der Waals surface area (Å²) in [6.07, 6.45) is 1.20. The fourth-order valence-corrected chi connectivity index (χ4v) is 2.22. The van der Waals surface area contributed by atoms with E-state index in [4.69, 9.17) is 15.4 Å². The zero-order chi connectivity index (χ0) is 14.1. The zero-order valence-electron chi connectivity index (χ0n) is 10.2. The molecule has 10 nitrogen and oxygen atoms in total. The molecule has 0 spiro atoms. The molecular weight excluding hydrogens is 266 g/mol. The van der Waals surface area contributed by atoms with E-state index in [-0.39, 0.29) is 12.4 Å². The Bertz CT molecular complexity index is 681. The molecule has 2 N–H and O–H groups in total. The van der Waals surface area contributed by atoms with Crippen LogP contribution in [0, 0.1) is 0 Å². The third kappa shape index (κ3) is 1.96. The normalized spacial score (nSPS) is 25.8. The third-order valence-electron chi connectivity index (χ3n) is 3.17. The van der Waals surface area contributed by atoms with Crippen LogP contribution in [0.2, 0.25) is 0 Å². The molecule has 1 fully saturated rings. The second-order valence-corrected chi connectivity index (χ2v) is 4.33. The number of aliphatic hydroxyl groups is 2. The van der Waals surface area contributed by atoms with Crippen molar-refractivity contribution in [3.63, 3.8) is 0 Å². The van der Waals surface area contributed by atoms with E-state index in [2.05, 4.69) is 25.0 Å². The molecule has 2 aromatic rings. The SMILES string of the molecule is [N-]=[N+]=Nc1ncnc2c1ncn2[C@H]1C[C@H](O)[C@@H](CO)O1. The molecule has 10 heteroatoms. The number of aliphatic hydroxyl groups excluding tert-OH is 2. The van der Waals surface area contributed by atoms with Crippen LogP contribution in [0.25, 0.3) is 21.6 Å². The van der Waals surface area contributed by atoms with Crippen molar-refractivity contribution in [2.75, 3.05) is 6.61 Å². The number of aromatic nitrogens is 4. The van der Waals surface area contributed by atoms with Gasteiger partial charge >= 0.3 is 0 Å². The van der Waals surface area contributed by atoms with E-state index in [9.17, 15) is 5.11 Å². The van der Waals surface area contributed by atoms with Crippen molar-refractivity contribution in [1.29, 1.82) is 0 Å². The molecule has 1 aliphatic heterocycles. The van der Waals surface area contributed by atoms with E-state index >= 15 is 0 Å². The monoisotopic (exact) mass is 277 g/mol. The van der Waals surface area contributed by atoms with E-state index in [1.807, 2.05) is 0 Å². The Balaban J connectivity index is 2.02. The minimum Gasteiger partial charge on any atom is -0.394 e. The number of rotatable bonds is 3. The third-order valence-corrected chi connectivity index (χ3v) is 3.17. The van der Waals surface area contributed by atoms with Crippen LogP contribution in [0.15, 0.2) is 17.8 Å². The van der Waals surface area contributed by atoms with Gasteiger partial charge in [-0.25, -0.2) is 15.0 Å². The number of hydrogen-bond donors (Lipinski definition) is 2. The molecule has 0 aromatic carbocycles. The van der Waals surface area contributed by atoms with Gasteiger partial charge in [-0.3, -0.25) is 4.57 Å². The maximum absolute atomic E-state index is 9.75. The lowest BCUT2D eigenvalue weighted by molar-refractivity contribution is -0.0432. The Morgan fingerprint density at radius 1 is 1.50 bits per heavy atom. The topological polar surface area (TPSA) is 142 Å². The van der Waals surface area contributed by atoms with E-state index in [1.54, 1.807) is 4.57 Å². The standard InChI is InChI=1S/C10H11N7O3/c11-16-15-9-8-10(13-3-12-9)17(4-14-8)7-1-5(19)6(2-18)20-7/h3-7,18-19H,1-2H2/t5-,6+,7+/m0/s1. The summed E-state index contributed by atoms with van der Waals surface area (Å²) in [5.41, 5.74) is 9.28. The highest BCUT2D eigenvalue weighted by molar-refractivity contribution is 5.80. The van der Waals surface area contributed by atoms with Gasteiger partial charge < -0.3 is 14.9 Å². The van der Waals surface area contributed by atoms with Gasteiger partial charge in [-0.2, -0.15) is 0 Å². The second-order valence-electron chi connectivity index (χ2n) is 4.33. The molecule has 1 saturated heterocycles. The van der Waals surface area contributed by atoms with Crippen molar-refractivity contribution in [2.24, 2.45) is 5.11 Å². The summed E-state index contributed by atoms with van der Waals surface area (Å²) < 4.78 is 7.15. The molecule has 104 valence electrons. The zero-order valence-corrected chi connectivity index (χ0v) is 10.2. The largest absolute Gasteiger partial charge is 0.394 e. The molecule has 0 aliphatic carbocycles. The lowest BCUT2D eigenvalue weighted by Gasteiger charge is -2.13. The maximum Gasteiger partial charge on any atom is 0.165 e. The average molecular weight is 277 g/mol. The van der Waals surface area contributed by atoms with Gasteiger partial charge in [0.25, 0.3) is 0 Å². The molecule has 0 saturated carbocycles. The number of azide groups is 1. The van der Waals surface area contributed by atoms with Gasteiger partial charge in [0.2, 0.25) is 0 Å². The first-order chi connectivity index (χ1) is 9.74. The summed E-state index contributed by atoms with van der Waals surface area (Å²) in [4.78, 5) is 14.7. The van der Waals surface area contributed by atoms with Gasteiger partial charge in [-0.05, 0) is 10.6 Å². The Labute approximate surface area is 112 Å². The molecule has 3 heterocycles. The average Bonchev–Trinajstić information content (AvgIpc) is 3.03. The maximum atomic E-state index is 9.75. The molecule has 1 aliphatic rings. The highest BCUT2D eigenvalue weighted by atomic mass is 16.5.